The lowest BCUT2D eigenvalue weighted by atomic mass is 9.97. The van der Waals surface area contributed by atoms with E-state index >= 15 is 0 Å². The van der Waals surface area contributed by atoms with E-state index in [2.05, 4.69) is 0 Å². The molecule has 2 fully saturated rings. The Morgan fingerprint density at radius 1 is 0.794 bits per heavy atom. The van der Waals surface area contributed by atoms with E-state index in [9.17, 15) is 40.5 Å². The quantitative estimate of drug-likeness (QED) is 0.0745. The van der Waals surface area contributed by atoms with Crippen LogP contribution in [0.1, 0.15) is 19.8 Å². The van der Waals surface area contributed by atoms with Gasteiger partial charge in [-0.15, -0.1) is 0 Å². The fourth-order valence-corrected chi connectivity index (χ4v) is 3.42. The highest BCUT2D eigenvalue weighted by atomic mass is 16.8. The Bertz CT molecular complexity index is 708. The molecule has 34 heavy (non-hydrogen) atoms. The number of esters is 1. The van der Waals surface area contributed by atoms with Crippen LogP contribution in [0.2, 0.25) is 0 Å². The van der Waals surface area contributed by atoms with E-state index in [0.717, 1.165) is 12.5 Å². The van der Waals surface area contributed by atoms with Crippen LogP contribution in [0.15, 0.2) is 36.5 Å². The van der Waals surface area contributed by atoms with Gasteiger partial charge in [-0.1, -0.05) is 37.3 Å². The summed E-state index contributed by atoms with van der Waals surface area (Å²) >= 11 is 0. The molecule has 0 spiro atoms. The molecule has 0 bridgehead atoms. The molecule has 194 valence electrons. The Morgan fingerprint density at radius 3 is 2.03 bits per heavy atom. The molecule has 0 unspecified atom stereocenters. The lowest BCUT2D eigenvalue weighted by Crippen LogP contribution is -2.64. The lowest BCUT2D eigenvalue weighted by Gasteiger charge is -2.45. The number of aliphatic hydroxyl groups is 7. The minimum atomic E-state index is -1.80. The maximum Gasteiger partial charge on any atom is 0.333 e. The van der Waals surface area contributed by atoms with Gasteiger partial charge in [0.1, 0.15) is 42.7 Å². The summed E-state index contributed by atoms with van der Waals surface area (Å²) in [5, 5.41) is 69.5. The molecule has 0 radical (unpaired) electrons. The topological polar surface area (TPSA) is 196 Å². The number of aliphatic hydroxyl groups excluding tert-OH is 7. The summed E-state index contributed by atoms with van der Waals surface area (Å²) in [5.41, 5.74) is 0. The Balaban J connectivity index is 2.11. The van der Waals surface area contributed by atoms with Gasteiger partial charge in [-0.3, -0.25) is 0 Å². The summed E-state index contributed by atoms with van der Waals surface area (Å²) in [4.78, 5) is 12.2. The van der Waals surface area contributed by atoms with Crippen LogP contribution >= 0.6 is 0 Å². The summed E-state index contributed by atoms with van der Waals surface area (Å²) in [5.74, 6) is -0.888. The first kappa shape index (κ1) is 28.5. The van der Waals surface area contributed by atoms with Crippen molar-refractivity contribution in [3.05, 3.63) is 36.5 Å². The monoisotopic (exact) mass is 490 g/mol. The zero-order valence-electron chi connectivity index (χ0n) is 18.7. The van der Waals surface area contributed by atoms with Gasteiger partial charge < -0.3 is 54.7 Å². The Hall–Kier alpha value is -1.71. The van der Waals surface area contributed by atoms with Crippen molar-refractivity contribution < 1.29 is 59.5 Å². The van der Waals surface area contributed by atoms with Crippen molar-refractivity contribution in [1.82, 2.24) is 0 Å². The van der Waals surface area contributed by atoms with Crippen molar-refractivity contribution in [1.29, 1.82) is 0 Å². The Morgan fingerprint density at radius 2 is 1.41 bits per heavy atom. The largest absolute Gasteiger partial charge is 0.430 e. The predicted octanol–water partition coefficient (Wildman–Crippen LogP) is -2.38. The van der Waals surface area contributed by atoms with Gasteiger partial charge in [0.2, 0.25) is 6.29 Å². The van der Waals surface area contributed by atoms with Crippen LogP contribution in [0.5, 0.6) is 0 Å². The molecule has 2 rings (SSSR count). The highest BCUT2D eigenvalue weighted by Gasteiger charge is 2.51. The third kappa shape index (κ3) is 7.39. The van der Waals surface area contributed by atoms with Crippen LogP contribution in [0.25, 0.3) is 0 Å². The number of hydrogen-bond acceptors (Lipinski definition) is 12. The Kier molecular flexibility index (Phi) is 11.7. The van der Waals surface area contributed by atoms with Gasteiger partial charge in [-0.25, -0.2) is 4.79 Å². The number of carbonyl (C=O) groups excluding carboxylic acids is 1. The third-order valence-corrected chi connectivity index (χ3v) is 5.35. The second kappa shape index (κ2) is 14.0. The smallest absolute Gasteiger partial charge is 0.333 e. The van der Waals surface area contributed by atoms with Crippen molar-refractivity contribution in [3.63, 3.8) is 0 Å². The van der Waals surface area contributed by atoms with Crippen molar-refractivity contribution in [2.75, 3.05) is 13.2 Å². The first-order valence-corrected chi connectivity index (χ1v) is 11.0. The first-order chi connectivity index (χ1) is 16.2. The molecule has 12 heteroatoms. The average Bonchev–Trinajstić information content (AvgIpc) is 2.82. The number of allylic oxidation sites excluding steroid dienone is 5. The van der Waals surface area contributed by atoms with Crippen molar-refractivity contribution in [3.8, 4) is 0 Å². The minimum Gasteiger partial charge on any atom is -0.430 e. The molecular formula is C22H34O12. The van der Waals surface area contributed by atoms with Crippen molar-refractivity contribution in [2.24, 2.45) is 0 Å². The highest BCUT2D eigenvalue weighted by Crippen LogP contribution is 2.29. The van der Waals surface area contributed by atoms with Crippen LogP contribution in [0.3, 0.4) is 0 Å². The van der Waals surface area contributed by atoms with E-state index in [4.69, 9.17) is 18.9 Å². The molecule has 0 aliphatic carbocycles. The van der Waals surface area contributed by atoms with Crippen LogP contribution in [0, 0.1) is 0 Å². The van der Waals surface area contributed by atoms with E-state index in [1.165, 1.54) is 6.08 Å². The zero-order chi connectivity index (χ0) is 25.3. The number of ether oxygens (including phenoxy) is 4. The Labute approximate surface area is 196 Å². The van der Waals surface area contributed by atoms with Crippen LogP contribution in [0.4, 0.5) is 0 Å². The molecule has 0 aromatic rings. The second-order valence-electron chi connectivity index (χ2n) is 7.84. The van der Waals surface area contributed by atoms with E-state index in [1.54, 1.807) is 12.2 Å². The second-order valence-corrected chi connectivity index (χ2v) is 7.84. The maximum absolute atomic E-state index is 12.2. The van der Waals surface area contributed by atoms with Gasteiger partial charge >= 0.3 is 5.97 Å². The lowest BCUT2D eigenvalue weighted by molar-refractivity contribution is -0.362. The molecule has 12 nitrogen and oxygen atoms in total. The summed E-state index contributed by atoms with van der Waals surface area (Å²) in [7, 11) is 0. The molecule has 0 aromatic carbocycles. The number of carbonyl (C=O) groups is 1. The van der Waals surface area contributed by atoms with Crippen LogP contribution in [-0.4, -0.2) is 116 Å². The number of rotatable bonds is 10. The van der Waals surface area contributed by atoms with Gasteiger partial charge in [0.15, 0.2) is 12.4 Å². The SMILES string of the molecule is CC/C=C\C/C=C\C=C\C(=O)O[C@@H]1O[C@H](CO)[C@@H](O)[C@H](O)[C@H]1O[C@@H]1O[C@H](CO)[C@@H](O)[C@H](O)[C@H]1O. The molecule has 0 saturated carbocycles. The molecular weight excluding hydrogens is 456 g/mol. The molecule has 10 atom stereocenters. The van der Waals surface area contributed by atoms with Crippen molar-refractivity contribution in [2.45, 2.75) is 81.2 Å². The summed E-state index contributed by atoms with van der Waals surface area (Å²) in [6.07, 6.45) is -4.67. The molecule has 0 aromatic heterocycles. The van der Waals surface area contributed by atoms with Gasteiger partial charge in [-0.05, 0) is 12.8 Å². The predicted molar refractivity (Wildman–Crippen MR) is 115 cm³/mol. The summed E-state index contributed by atoms with van der Waals surface area (Å²) in [6, 6.07) is 0. The fraction of sp³-hybridized carbons (Fsp3) is 0.682. The zero-order valence-corrected chi connectivity index (χ0v) is 18.7. The first-order valence-electron chi connectivity index (χ1n) is 11.0. The van der Waals surface area contributed by atoms with E-state index < -0.39 is 80.6 Å². The highest BCUT2D eigenvalue weighted by molar-refractivity contribution is 5.82. The normalized spacial score (nSPS) is 39.3. The number of hydrogen-bond donors (Lipinski definition) is 7. The standard InChI is InChI=1S/C22H34O12/c1-2-3-4-5-6-7-8-9-14(25)33-22-20(18(29)16(27)13(11-24)32-22)34-21-19(30)17(28)15(26)12(10-23)31-21/h3-4,6-9,12-13,15-24,26-30H,2,5,10-11H2,1H3/b4-3-,7-6-,9-8+/t12-,13-,15-,16-,17+,18+,19-,20-,21+,22+/m1/s1. The van der Waals surface area contributed by atoms with Crippen LogP contribution < -0.4 is 0 Å². The summed E-state index contributed by atoms with van der Waals surface area (Å²) < 4.78 is 21.3. The summed E-state index contributed by atoms with van der Waals surface area (Å²) in [6.45, 7) is 0.590. The molecule has 2 aliphatic rings. The molecule has 2 aliphatic heterocycles. The van der Waals surface area contributed by atoms with E-state index in [1.807, 2.05) is 19.1 Å². The fourth-order valence-electron chi connectivity index (χ4n) is 3.42. The van der Waals surface area contributed by atoms with Crippen LogP contribution in [-0.2, 0) is 23.7 Å². The third-order valence-electron chi connectivity index (χ3n) is 5.35. The van der Waals surface area contributed by atoms with E-state index in [-0.39, 0.29) is 0 Å². The molecule has 0 amide bonds. The van der Waals surface area contributed by atoms with Gasteiger partial charge in [0, 0.05) is 6.08 Å². The van der Waals surface area contributed by atoms with Gasteiger partial charge in [0.25, 0.3) is 0 Å². The minimum absolute atomic E-state index is 0.677. The maximum atomic E-state index is 12.2. The molecule has 2 saturated heterocycles. The van der Waals surface area contributed by atoms with E-state index in [0.29, 0.717) is 6.42 Å². The van der Waals surface area contributed by atoms with Crippen molar-refractivity contribution >= 4 is 5.97 Å². The van der Waals surface area contributed by atoms with Gasteiger partial charge in [-0.2, -0.15) is 0 Å². The molecule has 2 heterocycles. The van der Waals surface area contributed by atoms with Gasteiger partial charge in [0.05, 0.1) is 13.2 Å². The average molecular weight is 491 g/mol. The molecule has 7 N–H and O–H groups in total.